The largest absolute Gasteiger partial charge is 0.306 e. The van der Waals surface area contributed by atoms with Crippen molar-refractivity contribution in [1.29, 1.82) is 0 Å². The zero-order valence-electron chi connectivity index (χ0n) is 10.5. The third kappa shape index (κ3) is 2.73. The molecule has 1 unspecified atom stereocenters. The molecule has 1 N–H and O–H groups in total. The van der Waals surface area contributed by atoms with E-state index in [2.05, 4.69) is 53.8 Å². The Kier molecular flexibility index (Phi) is 3.92. The zero-order valence-corrected chi connectivity index (χ0v) is 11.3. The molecule has 17 heavy (non-hydrogen) atoms. The molecular formula is C14H18N2S. The van der Waals surface area contributed by atoms with Crippen LogP contribution >= 0.6 is 11.3 Å². The van der Waals surface area contributed by atoms with E-state index < -0.39 is 0 Å². The van der Waals surface area contributed by atoms with Crippen molar-refractivity contribution in [2.75, 3.05) is 6.54 Å². The molecule has 0 bridgehead atoms. The van der Waals surface area contributed by atoms with Crippen LogP contribution in [0.1, 0.15) is 34.8 Å². The van der Waals surface area contributed by atoms with Crippen LogP contribution in [0.15, 0.2) is 29.6 Å². The molecule has 0 radical (unpaired) electrons. The maximum Gasteiger partial charge on any atom is 0.0688 e. The van der Waals surface area contributed by atoms with Gasteiger partial charge in [-0.15, -0.1) is 11.3 Å². The maximum atomic E-state index is 4.55. The van der Waals surface area contributed by atoms with Gasteiger partial charge in [0.25, 0.3) is 0 Å². The lowest BCUT2D eigenvalue weighted by Gasteiger charge is -2.18. The number of nitrogens with one attached hydrogen (secondary N) is 1. The standard InChI is InChI=1S/C14H18N2S/c1-4-15-14(13-6-5-9-17-13)12-8-7-10(2)16-11(12)3/h5-9,14-15H,4H2,1-3H3. The average molecular weight is 246 g/mol. The molecule has 2 aromatic heterocycles. The van der Waals surface area contributed by atoms with Gasteiger partial charge < -0.3 is 5.32 Å². The Morgan fingerprint density at radius 2 is 2.12 bits per heavy atom. The van der Waals surface area contributed by atoms with Crippen molar-refractivity contribution in [2.45, 2.75) is 26.8 Å². The van der Waals surface area contributed by atoms with Gasteiger partial charge in [0.15, 0.2) is 0 Å². The average Bonchev–Trinajstić information content (AvgIpc) is 2.80. The van der Waals surface area contributed by atoms with Gasteiger partial charge in [-0.1, -0.05) is 19.1 Å². The van der Waals surface area contributed by atoms with E-state index >= 15 is 0 Å². The molecule has 0 aliphatic rings. The first-order valence-corrected chi connectivity index (χ1v) is 6.81. The minimum atomic E-state index is 0.271. The third-order valence-electron chi connectivity index (χ3n) is 2.81. The quantitative estimate of drug-likeness (QED) is 0.893. The number of hydrogen-bond acceptors (Lipinski definition) is 3. The topological polar surface area (TPSA) is 24.9 Å². The Bertz CT molecular complexity index is 477. The van der Waals surface area contributed by atoms with Gasteiger partial charge in [-0.2, -0.15) is 0 Å². The molecule has 0 saturated carbocycles. The second-order valence-corrected chi connectivity index (χ2v) is 5.11. The summed E-state index contributed by atoms with van der Waals surface area (Å²) in [4.78, 5) is 5.90. The van der Waals surface area contributed by atoms with Crippen LogP contribution in [0.5, 0.6) is 0 Å². The first kappa shape index (κ1) is 12.3. The first-order valence-electron chi connectivity index (χ1n) is 5.93. The molecule has 2 nitrogen and oxygen atoms in total. The summed E-state index contributed by atoms with van der Waals surface area (Å²) in [7, 11) is 0. The lowest BCUT2D eigenvalue weighted by atomic mass is 10.0. The molecule has 0 aliphatic heterocycles. The van der Waals surface area contributed by atoms with Crippen LogP contribution in [0.2, 0.25) is 0 Å². The highest BCUT2D eigenvalue weighted by Crippen LogP contribution is 2.27. The molecule has 0 aromatic carbocycles. The lowest BCUT2D eigenvalue weighted by molar-refractivity contribution is 0.633. The van der Waals surface area contributed by atoms with Crippen molar-refractivity contribution >= 4 is 11.3 Å². The van der Waals surface area contributed by atoms with Crippen LogP contribution in [0.25, 0.3) is 0 Å². The second kappa shape index (κ2) is 5.43. The van der Waals surface area contributed by atoms with Crippen molar-refractivity contribution in [3.05, 3.63) is 51.5 Å². The number of aryl methyl sites for hydroxylation is 2. The monoisotopic (exact) mass is 246 g/mol. The van der Waals surface area contributed by atoms with Crippen molar-refractivity contribution in [3.63, 3.8) is 0 Å². The van der Waals surface area contributed by atoms with Gasteiger partial charge in [-0.25, -0.2) is 0 Å². The van der Waals surface area contributed by atoms with Crippen LogP contribution in [0.4, 0.5) is 0 Å². The molecule has 0 saturated heterocycles. The molecule has 2 heterocycles. The van der Waals surface area contributed by atoms with Crippen LogP contribution in [0.3, 0.4) is 0 Å². The predicted molar refractivity (Wildman–Crippen MR) is 73.5 cm³/mol. The Hall–Kier alpha value is -1.19. The molecule has 3 heteroatoms. The fraction of sp³-hybridized carbons (Fsp3) is 0.357. The number of thiophene rings is 1. The number of aromatic nitrogens is 1. The van der Waals surface area contributed by atoms with Crippen molar-refractivity contribution in [3.8, 4) is 0 Å². The summed E-state index contributed by atoms with van der Waals surface area (Å²) < 4.78 is 0. The number of hydrogen-bond donors (Lipinski definition) is 1. The van der Waals surface area contributed by atoms with E-state index in [-0.39, 0.29) is 6.04 Å². The summed E-state index contributed by atoms with van der Waals surface area (Å²) in [6, 6.07) is 8.82. The molecule has 0 aliphatic carbocycles. The van der Waals surface area contributed by atoms with Gasteiger partial charge in [0.05, 0.1) is 6.04 Å². The van der Waals surface area contributed by atoms with Gasteiger partial charge in [0, 0.05) is 16.3 Å². The van der Waals surface area contributed by atoms with E-state index in [1.165, 1.54) is 10.4 Å². The summed E-state index contributed by atoms with van der Waals surface area (Å²) in [6.07, 6.45) is 0. The molecular weight excluding hydrogens is 228 g/mol. The smallest absolute Gasteiger partial charge is 0.0688 e. The summed E-state index contributed by atoms with van der Waals surface area (Å²) in [5, 5.41) is 5.65. The highest BCUT2D eigenvalue weighted by atomic mass is 32.1. The fourth-order valence-corrected chi connectivity index (χ4v) is 2.84. The first-order chi connectivity index (χ1) is 8.22. The summed E-state index contributed by atoms with van der Waals surface area (Å²) >= 11 is 1.79. The minimum absolute atomic E-state index is 0.271. The Balaban J connectivity index is 2.39. The predicted octanol–water partition coefficient (Wildman–Crippen LogP) is 3.46. The van der Waals surface area contributed by atoms with E-state index in [4.69, 9.17) is 0 Å². The molecule has 0 spiro atoms. The van der Waals surface area contributed by atoms with Crippen LogP contribution in [-0.2, 0) is 0 Å². The third-order valence-corrected chi connectivity index (χ3v) is 3.75. The highest BCUT2D eigenvalue weighted by molar-refractivity contribution is 7.10. The lowest BCUT2D eigenvalue weighted by Crippen LogP contribution is -2.22. The van der Waals surface area contributed by atoms with E-state index in [1.807, 2.05) is 6.92 Å². The van der Waals surface area contributed by atoms with Crippen LogP contribution < -0.4 is 5.32 Å². The molecule has 90 valence electrons. The van der Waals surface area contributed by atoms with E-state index in [9.17, 15) is 0 Å². The normalized spacial score (nSPS) is 12.6. The second-order valence-electron chi connectivity index (χ2n) is 4.13. The maximum absolute atomic E-state index is 4.55. The summed E-state index contributed by atoms with van der Waals surface area (Å²) in [5.74, 6) is 0. The van der Waals surface area contributed by atoms with E-state index in [1.54, 1.807) is 11.3 Å². The Morgan fingerprint density at radius 1 is 1.29 bits per heavy atom. The molecule has 0 fully saturated rings. The van der Waals surface area contributed by atoms with Crippen molar-refractivity contribution < 1.29 is 0 Å². The minimum Gasteiger partial charge on any atom is -0.306 e. The number of rotatable bonds is 4. The molecule has 0 amide bonds. The Labute approximate surface area is 107 Å². The van der Waals surface area contributed by atoms with Crippen LogP contribution in [0, 0.1) is 13.8 Å². The van der Waals surface area contributed by atoms with Gasteiger partial charge in [-0.3, -0.25) is 4.98 Å². The van der Waals surface area contributed by atoms with Crippen LogP contribution in [-0.4, -0.2) is 11.5 Å². The van der Waals surface area contributed by atoms with Gasteiger partial charge in [0.1, 0.15) is 0 Å². The van der Waals surface area contributed by atoms with Gasteiger partial charge in [0.2, 0.25) is 0 Å². The van der Waals surface area contributed by atoms with E-state index in [0.717, 1.165) is 17.9 Å². The summed E-state index contributed by atoms with van der Waals surface area (Å²) in [5.41, 5.74) is 3.47. The van der Waals surface area contributed by atoms with Gasteiger partial charge >= 0.3 is 0 Å². The van der Waals surface area contributed by atoms with Crippen molar-refractivity contribution in [2.24, 2.45) is 0 Å². The number of nitrogens with zero attached hydrogens (tertiary/aromatic N) is 1. The molecule has 1 atom stereocenters. The van der Waals surface area contributed by atoms with E-state index in [0.29, 0.717) is 0 Å². The molecule has 2 aromatic rings. The van der Waals surface area contributed by atoms with Crippen molar-refractivity contribution in [1.82, 2.24) is 10.3 Å². The Morgan fingerprint density at radius 3 is 2.71 bits per heavy atom. The molecule has 2 rings (SSSR count). The fourth-order valence-electron chi connectivity index (χ4n) is 2.03. The SMILES string of the molecule is CCNC(c1cccs1)c1ccc(C)nc1C. The highest BCUT2D eigenvalue weighted by Gasteiger charge is 2.16. The summed E-state index contributed by atoms with van der Waals surface area (Å²) in [6.45, 7) is 7.21. The zero-order chi connectivity index (χ0) is 12.3. The number of pyridine rings is 1. The van der Waals surface area contributed by atoms with Gasteiger partial charge in [-0.05, 0) is 43.5 Å².